The summed E-state index contributed by atoms with van der Waals surface area (Å²) in [6.45, 7) is 4.37. The van der Waals surface area contributed by atoms with Crippen LogP contribution in [0.4, 0.5) is 5.82 Å². The van der Waals surface area contributed by atoms with Gasteiger partial charge in [-0.3, -0.25) is 0 Å². The topological polar surface area (TPSA) is 48.7 Å². The van der Waals surface area contributed by atoms with Crippen LogP contribution in [0.15, 0.2) is 6.07 Å². The van der Waals surface area contributed by atoms with Gasteiger partial charge in [-0.15, -0.1) is 0 Å². The van der Waals surface area contributed by atoms with Gasteiger partial charge in [0, 0.05) is 11.7 Å². The molecule has 0 saturated carbocycles. The summed E-state index contributed by atoms with van der Waals surface area (Å²) in [6.07, 6.45) is 7.91. The molecule has 0 aromatic carbocycles. The van der Waals surface area contributed by atoms with E-state index in [1.807, 2.05) is 6.07 Å². The van der Waals surface area contributed by atoms with Crippen LogP contribution in [0.3, 0.4) is 0 Å². The first-order chi connectivity index (χ1) is 9.28. The summed E-state index contributed by atoms with van der Waals surface area (Å²) in [5.74, 6) is 0.795. The minimum absolute atomic E-state index is 0.422. The number of hydrogen-bond acceptors (Lipinski definition) is 3. The fourth-order valence-electron chi connectivity index (χ4n) is 2.75. The van der Waals surface area contributed by atoms with Crippen molar-refractivity contribution in [3.05, 3.63) is 22.9 Å². The molecule has 0 bridgehead atoms. The van der Waals surface area contributed by atoms with Crippen molar-refractivity contribution in [2.45, 2.75) is 64.8 Å². The molecular formula is C16H23N3. The van der Waals surface area contributed by atoms with Crippen LogP contribution in [0.25, 0.3) is 0 Å². The molecule has 102 valence electrons. The van der Waals surface area contributed by atoms with Crippen LogP contribution >= 0.6 is 0 Å². The van der Waals surface area contributed by atoms with Crippen molar-refractivity contribution in [1.82, 2.24) is 4.98 Å². The Labute approximate surface area is 116 Å². The van der Waals surface area contributed by atoms with Crippen LogP contribution < -0.4 is 5.32 Å². The minimum Gasteiger partial charge on any atom is -0.366 e. The molecule has 0 radical (unpaired) electrons. The van der Waals surface area contributed by atoms with Gasteiger partial charge in [-0.25, -0.2) is 4.98 Å². The molecule has 3 nitrogen and oxygen atoms in total. The summed E-state index contributed by atoms with van der Waals surface area (Å²) in [5.41, 5.74) is 3.17. The third-order valence-electron chi connectivity index (χ3n) is 3.89. The number of aromatic nitrogens is 1. The quantitative estimate of drug-likeness (QED) is 0.872. The number of nitriles is 1. The molecule has 0 amide bonds. The monoisotopic (exact) mass is 257 g/mol. The summed E-state index contributed by atoms with van der Waals surface area (Å²) in [7, 11) is 0. The van der Waals surface area contributed by atoms with Gasteiger partial charge in [-0.05, 0) is 50.2 Å². The van der Waals surface area contributed by atoms with Crippen molar-refractivity contribution >= 4 is 5.82 Å². The van der Waals surface area contributed by atoms with Crippen molar-refractivity contribution in [3.63, 3.8) is 0 Å². The number of nitrogens with zero attached hydrogens (tertiary/aromatic N) is 2. The van der Waals surface area contributed by atoms with Gasteiger partial charge in [0.25, 0.3) is 0 Å². The molecule has 0 fully saturated rings. The van der Waals surface area contributed by atoms with Gasteiger partial charge in [-0.2, -0.15) is 5.26 Å². The first-order valence-electron chi connectivity index (χ1n) is 7.47. The first kappa shape index (κ1) is 13.9. The van der Waals surface area contributed by atoms with E-state index in [1.54, 1.807) is 0 Å². The third kappa shape index (κ3) is 3.26. The van der Waals surface area contributed by atoms with Crippen molar-refractivity contribution in [3.8, 4) is 6.07 Å². The van der Waals surface area contributed by atoms with E-state index in [9.17, 15) is 5.26 Å². The Balaban J connectivity index is 2.26. The first-order valence-corrected chi connectivity index (χ1v) is 7.47. The maximum absolute atomic E-state index is 9.31. The van der Waals surface area contributed by atoms with E-state index in [4.69, 9.17) is 4.98 Å². The van der Waals surface area contributed by atoms with Crippen LogP contribution in [0.1, 0.15) is 62.8 Å². The molecule has 1 aromatic heterocycles. The van der Waals surface area contributed by atoms with Crippen LogP contribution in [0.2, 0.25) is 0 Å². The SMILES string of the molecule is CCCC(CC)Nc1nc2c(cc1C#N)CCCC2. The van der Waals surface area contributed by atoms with E-state index in [0.717, 1.165) is 37.9 Å². The summed E-state index contributed by atoms with van der Waals surface area (Å²) < 4.78 is 0. The average Bonchev–Trinajstić information content (AvgIpc) is 2.46. The lowest BCUT2D eigenvalue weighted by Crippen LogP contribution is -2.21. The number of fused-ring (bicyclic) bond motifs is 1. The molecule has 2 rings (SSSR count). The number of pyridine rings is 1. The molecule has 1 aromatic rings. The molecular weight excluding hydrogens is 234 g/mol. The molecule has 0 saturated heterocycles. The van der Waals surface area contributed by atoms with Crippen LogP contribution in [-0.2, 0) is 12.8 Å². The molecule has 0 spiro atoms. The van der Waals surface area contributed by atoms with E-state index >= 15 is 0 Å². The highest BCUT2D eigenvalue weighted by Crippen LogP contribution is 2.25. The van der Waals surface area contributed by atoms with Gasteiger partial charge in [0.15, 0.2) is 0 Å². The van der Waals surface area contributed by atoms with Gasteiger partial charge >= 0.3 is 0 Å². The Hall–Kier alpha value is -1.56. The average molecular weight is 257 g/mol. The molecule has 1 unspecified atom stereocenters. The number of aryl methyl sites for hydroxylation is 2. The lowest BCUT2D eigenvalue weighted by molar-refractivity contribution is 0.617. The van der Waals surface area contributed by atoms with E-state index in [-0.39, 0.29) is 0 Å². The fourth-order valence-corrected chi connectivity index (χ4v) is 2.75. The van der Waals surface area contributed by atoms with Crippen molar-refractivity contribution in [1.29, 1.82) is 5.26 Å². The number of nitrogens with one attached hydrogen (secondary N) is 1. The molecule has 1 aliphatic rings. The Morgan fingerprint density at radius 1 is 1.37 bits per heavy atom. The maximum atomic E-state index is 9.31. The van der Waals surface area contributed by atoms with E-state index in [1.165, 1.54) is 24.1 Å². The Morgan fingerprint density at radius 3 is 2.84 bits per heavy atom. The second-order valence-corrected chi connectivity index (χ2v) is 5.35. The van der Waals surface area contributed by atoms with E-state index in [0.29, 0.717) is 11.6 Å². The zero-order valence-corrected chi connectivity index (χ0v) is 12.0. The standard InChI is InChI=1S/C16H23N3/c1-3-7-14(4-2)18-16-13(11-17)10-12-8-5-6-9-15(12)19-16/h10,14H,3-9H2,1-2H3,(H,18,19). The fraction of sp³-hybridized carbons (Fsp3) is 0.625. The van der Waals surface area contributed by atoms with Gasteiger partial charge in [0.05, 0.1) is 5.56 Å². The Kier molecular flexibility index (Phi) is 4.79. The van der Waals surface area contributed by atoms with Gasteiger partial charge in [0.2, 0.25) is 0 Å². The predicted octanol–water partition coefficient (Wildman–Crippen LogP) is 3.82. The molecule has 1 heterocycles. The third-order valence-corrected chi connectivity index (χ3v) is 3.89. The zero-order valence-electron chi connectivity index (χ0n) is 12.0. The smallest absolute Gasteiger partial charge is 0.144 e. The Bertz CT molecular complexity index is 474. The molecule has 3 heteroatoms. The number of rotatable bonds is 5. The minimum atomic E-state index is 0.422. The normalized spacial score (nSPS) is 15.4. The van der Waals surface area contributed by atoms with Crippen molar-refractivity contribution in [2.24, 2.45) is 0 Å². The Morgan fingerprint density at radius 2 is 2.16 bits per heavy atom. The summed E-state index contributed by atoms with van der Waals surface area (Å²) in [6, 6.07) is 4.76. The highest BCUT2D eigenvalue weighted by Gasteiger charge is 2.16. The lowest BCUT2D eigenvalue weighted by atomic mass is 9.95. The maximum Gasteiger partial charge on any atom is 0.144 e. The summed E-state index contributed by atoms with van der Waals surface area (Å²) in [5, 5.41) is 12.8. The lowest BCUT2D eigenvalue weighted by Gasteiger charge is -2.21. The zero-order chi connectivity index (χ0) is 13.7. The summed E-state index contributed by atoms with van der Waals surface area (Å²) >= 11 is 0. The molecule has 1 N–H and O–H groups in total. The molecule has 1 atom stereocenters. The van der Waals surface area contributed by atoms with Crippen LogP contribution in [0, 0.1) is 11.3 Å². The van der Waals surface area contributed by atoms with Gasteiger partial charge in [-0.1, -0.05) is 20.3 Å². The van der Waals surface area contributed by atoms with Crippen molar-refractivity contribution in [2.75, 3.05) is 5.32 Å². The largest absolute Gasteiger partial charge is 0.366 e. The van der Waals surface area contributed by atoms with E-state index < -0.39 is 0 Å². The number of anilines is 1. The molecule has 0 aliphatic heterocycles. The molecule has 19 heavy (non-hydrogen) atoms. The van der Waals surface area contributed by atoms with E-state index in [2.05, 4.69) is 25.2 Å². The van der Waals surface area contributed by atoms with Crippen LogP contribution in [-0.4, -0.2) is 11.0 Å². The second kappa shape index (κ2) is 6.56. The van der Waals surface area contributed by atoms with Gasteiger partial charge < -0.3 is 5.32 Å². The van der Waals surface area contributed by atoms with Crippen LogP contribution in [0.5, 0.6) is 0 Å². The van der Waals surface area contributed by atoms with Crippen molar-refractivity contribution < 1.29 is 0 Å². The molecule has 1 aliphatic carbocycles. The highest BCUT2D eigenvalue weighted by atomic mass is 15.0. The number of hydrogen-bond donors (Lipinski definition) is 1. The predicted molar refractivity (Wildman–Crippen MR) is 78.2 cm³/mol. The van der Waals surface area contributed by atoms with Gasteiger partial charge in [0.1, 0.15) is 11.9 Å². The highest BCUT2D eigenvalue weighted by molar-refractivity contribution is 5.55. The second-order valence-electron chi connectivity index (χ2n) is 5.35. The summed E-state index contributed by atoms with van der Waals surface area (Å²) in [4.78, 5) is 4.72.